The van der Waals surface area contributed by atoms with Crippen LogP contribution in [0.4, 0.5) is 4.39 Å². The Labute approximate surface area is 111 Å². The van der Waals surface area contributed by atoms with Gasteiger partial charge in [0.2, 0.25) is 0 Å². The molecule has 0 unspecified atom stereocenters. The third-order valence-electron chi connectivity index (χ3n) is 2.58. The van der Waals surface area contributed by atoms with E-state index in [1.165, 1.54) is 22.8 Å². The molecule has 0 saturated heterocycles. The highest BCUT2D eigenvalue weighted by molar-refractivity contribution is 5.69. The first-order valence-electron chi connectivity index (χ1n) is 5.68. The van der Waals surface area contributed by atoms with E-state index in [0.717, 1.165) is 6.20 Å². The zero-order chi connectivity index (χ0) is 14.1. The predicted octanol–water partition coefficient (Wildman–Crippen LogP) is 0.952. The summed E-state index contributed by atoms with van der Waals surface area (Å²) in [4.78, 5) is 22.7. The van der Waals surface area contributed by atoms with Gasteiger partial charge in [-0.05, 0) is 18.2 Å². The third kappa shape index (κ3) is 2.18. The van der Waals surface area contributed by atoms with Gasteiger partial charge in [0.05, 0.1) is 17.6 Å². The maximum absolute atomic E-state index is 12.9. The van der Waals surface area contributed by atoms with Crippen LogP contribution in [0.25, 0.3) is 17.2 Å². The van der Waals surface area contributed by atoms with Crippen molar-refractivity contribution in [2.75, 3.05) is 0 Å². The topological polar surface area (TPSA) is 93.3 Å². The van der Waals surface area contributed by atoms with E-state index in [-0.39, 0.29) is 18.0 Å². The number of hydrogen-bond acceptors (Lipinski definition) is 5. The van der Waals surface area contributed by atoms with Crippen LogP contribution in [0.15, 0.2) is 30.6 Å². The number of aliphatic carboxylic acids is 1. The summed E-state index contributed by atoms with van der Waals surface area (Å²) in [5.74, 6) is -1.05. The van der Waals surface area contributed by atoms with Gasteiger partial charge in [0, 0.05) is 6.20 Å². The molecule has 3 rings (SSSR count). The molecule has 8 heteroatoms. The molecule has 0 aromatic carbocycles. The van der Waals surface area contributed by atoms with Crippen molar-refractivity contribution in [3.63, 3.8) is 0 Å². The van der Waals surface area contributed by atoms with Crippen LogP contribution in [0.2, 0.25) is 0 Å². The van der Waals surface area contributed by atoms with E-state index < -0.39 is 11.8 Å². The van der Waals surface area contributed by atoms with Gasteiger partial charge < -0.3 is 5.11 Å². The van der Waals surface area contributed by atoms with Crippen molar-refractivity contribution in [3.8, 4) is 11.4 Å². The van der Waals surface area contributed by atoms with E-state index in [1.54, 1.807) is 6.07 Å². The van der Waals surface area contributed by atoms with Crippen molar-refractivity contribution in [2.24, 2.45) is 0 Å². The van der Waals surface area contributed by atoms with Crippen molar-refractivity contribution in [2.45, 2.75) is 6.42 Å². The summed E-state index contributed by atoms with van der Waals surface area (Å²) in [5.41, 5.74) is 1.05. The monoisotopic (exact) mass is 273 g/mol. The molecule has 100 valence electrons. The molecule has 0 aliphatic heterocycles. The first-order valence-corrected chi connectivity index (χ1v) is 5.68. The lowest BCUT2D eigenvalue weighted by molar-refractivity contribution is -0.136. The van der Waals surface area contributed by atoms with Gasteiger partial charge in [-0.25, -0.2) is 9.37 Å². The summed E-state index contributed by atoms with van der Waals surface area (Å²) in [7, 11) is 0. The van der Waals surface area contributed by atoms with Crippen molar-refractivity contribution in [1.82, 2.24) is 24.6 Å². The lowest BCUT2D eigenvalue weighted by atomic mass is 10.2. The average Bonchev–Trinajstić information content (AvgIpc) is 2.80. The van der Waals surface area contributed by atoms with Crippen LogP contribution in [0.5, 0.6) is 0 Å². The highest BCUT2D eigenvalue weighted by Crippen LogP contribution is 2.16. The minimum atomic E-state index is -1.03. The summed E-state index contributed by atoms with van der Waals surface area (Å²) in [6, 6.07) is 4.43. The van der Waals surface area contributed by atoms with Gasteiger partial charge in [-0.3, -0.25) is 9.78 Å². The molecule has 0 fully saturated rings. The lowest BCUT2D eigenvalue weighted by Gasteiger charge is -2.01. The SMILES string of the molecule is O=C(O)Cc1nc2nccc(-c3ccc(F)cn3)n2n1. The number of carboxylic acids is 1. The zero-order valence-corrected chi connectivity index (χ0v) is 10.1. The van der Waals surface area contributed by atoms with Crippen molar-refractivity contribution < 1.29 is 14.3 Å². The first-order chi connectivity index (χ1) is 9.63. The van der Waals surface area contributed by atoms with Crippen LogP contribution in [0.3, 0.4) is 0 Å². The fraction of sp³-hybridized carbons (Fsp3) is 0.0833. The molecule has 3 heterocycles. The molecular formula is C12H8FN5O2. The molecule has 0 saturated carbocycles. The number of carbonyl (C=O) groups is 1. The normalized spacial score (nSPS) is 10.8. The lowest BCUT2D eigenvalue weighted by Crippen LogP contribution is -2.02. The van der Waals surface area contributed by atoms with Gasteiger partial charge in [0.1, 0.15) is 12.2 Å². The fourth-order valence-electron chi connectivity index (χ4n) is 1.77. The molecule has 0 amide bonds. The number of halogens is 1. The van der Waals surface area contributed by atoms with E-state index in [2.05, 4.69) is 20.1 Å². The minimum Gasteiger partial charge on any atom is -0.481 e. The van der Waals surface area contributed by atoms with Crippen molar-refractivity contribution in [1.29, 1.82) is 0 Å². The third-order valence-corrected chi connectivity index (χ3v) is 2.58. The van der Waals surface area contributed by atoms with Crippen LogP contribution < -0.4 is 0 Å². The number of rotatable bonds is 3. The van der Waals surface area contributed by atoms with E-state index >= 15 is 0 Å². The second-order valence-electron chi connectivity index (χ2n) is 4.00. The molecule has 3 aromatic rings. The van der Waals surface area contributed by atoms with Crippen molar-refractivity contribution in [3.05, 3.63) is 42.2 Å². The van der Waals surface area contributed by atoms with E-state index in [4.69, 9.17) is 5.11 Å². The predicted molar refractivity (Wildman–Crippen MR) is 65.3 cm³/mol. The summed E-state index contributed by atoms with van der Waals surface area (Å²) in [5, 5.41) is 12.8. The maximum atomic E-state index is 12.9. The van der Waals surface area contributed by atoms with Crippen LogP contribution in [-0.2, 0) is 11.2 Å². The maximum Gasteiger partial charge on any atom is 0.311 e. The smallest absolute Gasteiger partial charge is 0.311 e. The summed E-state index contributed by atoms with van der Waals surface area (Å²) >= 11 is 0. The molecule has 0 spiro atoms. The summed E-state index contributed by atoms with van der Waals surface area (Å²) in [6.07, 6.45) is 2.31. The molecule has 0 radical (unpaired) electrons. The van der Waals surface area contributed by atoms with Gasteiger partial charge in [-0.2, -0.15) is 9.50 Å². The van der Waals surface area contributed by atoms with Gasteiger partial charge in [0.15, 0.2) is 5.82 Å². The molecule has 0 aliphatic rings. The molecule has 20 heavy (non-hydrogen) atoms. The largest absolute Gasteiger partial charge is 0.481 e. The Hall–Kier alpha value is -2.90. The zero-order valence-electron chi connectivity index (χ0n) is 10.1. The Bertz CT molecular complexity index is 784. The van der Waals surface area contributed by atoms with Crippen LogP contribution in [-0.4, -0.2) is 35.6 Å². The first kappa shape index (κ1) is 12.2. The second-order valence-corrected chi connectivity index (χ2v) is 4.00. The van der Waals surface area contributed by atoms with Crippen LogP contribution in [0.1, 0.15) is 5.82 Å². The molecular weight excluding hydrogens is 265 g/mol. The van der Waals surface area contributed by atoms with Crippen LogP contribution in [0, 0.1) is 5.82 Å². The van der Waals surface area contributed by atoms with Gasteiger partial charge in [-0.1, -0.05) is 0 Å². The van der Waals surface area contributed by atoms with Gasteiger partial charge >= 0.3 is 5.97 Å². The number of carboxylic acid groups (broad SMARTS) is 1. The second kappa shape index (κ2) is 4.65. The van der Waals surface area contributed by atoms with Gasteiger partial charge in [0.25, 0.3) is 5.78 Å². The van der Waals surface area contributed by atoms with E-state index in [1.807, 2.05) is 0 Å². The molecule has 0 aliphatic carbocycles. The standard InChI is InChI=1S/C12H8FN5O2/c13-7-1-2-8(15-6-7)9-3-4-14-12-16-10(5-11(19)20)17-18(9)12/h1-4,6H,5H2,(H,19,20). The van der Waals surface area contributed by atoms with Gasteiger partial charge in [-0.15, -0.1) is 5.10 Å². The molecule has 1 N–H and O–H groups in total. The Morgan fingerprint density at radius 2 is 2.15 bits per heavy atom. The Morgan fingerprint density at radius 1 is 1.30 bits per heavy atom. The van der Waals surface area contributed by atoms with E-state index in [0.29, 0.717) is 11.4 Å². The van der Waals surface area contributed by atoms with Crippen LogP contribution >= 0.6 is 0 Å². The fourth-order valence-corrected chi connectivity index (χ4v) is 1.77. The number of hydrogen-bond donors (Lipinski definition) is 1. The Kier molecular flexibility index (Phi) is 2.82. The van der Waals surface area contributed by atoms with Crippen molar-refractivity contribution >= 4 is 11.7 Å². The van der Waals surface area contributed by atoms with E-state index in [9.17, 15) is 9.18 Å². The molecule has 3 aromatic heterocycles. The Balaban J connectivity index is 2.13. The number of nitrogens with zero attached hydrogens (tertiary/aromatic N) is 5. The average molecular weight is 273 g/mol. The quantitative estimate of drug-likeness (QED) is 0.763. The number of aromatic nitrogens is 5. The summed E-state index contributed by atoms with van der Waals surface area (Å²) in [6.45, 7) is 0. The molecule has 7 nitrogen and oxygen atoms in total. The minimum absolute atomic E-state index is 0.152. The number of fused-ring (bicyclic) bond motifs is 1. The Morgan fingerprint density at radius 3 is 2.85 bits per heavy atom. The molecule has 0 bridgehead atoms. The number of pyridine rings is 1. The molecule has 0 atom stereocenters. The highest BCUT2D eigenvalue weighted by Gasteiger charge is 2.12. The summed E-state index contributed by atoms with van der Waals surface area (Å²) < 4.78 is 14.3. The highest BCUT2D eigenvalue weighted by atomic mass is 19.1.